The third-order valence-corrected chi connectivity index (χ3v) is 4.38. The molecule has 0 aliphatic heterocycles. The molecule has 0 bridgehead atoms. The Morgan fingerprint density at radius 1 is 1.04 bits per heavy atom. The molecule has 0 saturated carbocycles. The Kier molecular flexibility index (Phi) is 5.39. The fraction of sp³-hybridized carbons (Fsp3) is 0.235. The monoisotopic (exact) mass is 332 g/mol. The maximum Gasteiger partial charge on any atom is 0.284 e. The standard InChI is InChI=1S/C17H20N2O3S/c1-4-22-15-10-12-16(13-11-15)23(20,21)18-17(19(2)3)14-8-6-5-7-9-14/h5-13H,4H2,1-3H3/b18-17-. The van der Waals surface area contributed by atoms with Crippen LogP contribution < -0.4 is 4.74 Å². The van der Waals surface area contributed by atoms with Gasteiger partial charge in [-0.05, 0) is 31.2 Å². The molecule has 0 radical (unpaired) electrons. The van der Waals surface area contributed by atoms with Crippen molar-refractivity contribution in [1.29, 1.82) is 0 Å². The summed E-state index contributed by atoms with van der Waals surface area (Å²) in [4.78, 5) is 1.82. The lowest BCUT2D eigenvalue weighted by molar-refractivity contribution is 0.340. The van der Waals surface area contributed by atoms with Crippen LogP contribution in [0.1, 0.15) is 12.5 Å². The summed E-state index contributed by atoms with van der Waals surface area (Å²) in [7, 11) is -0.267. The second-order valence-corrected chi connectivity index (χ2v) is 6.66. The molecule has 0 amide bonds. The third kappa shape index (κ3) is 4.32. The first kappa shape index (κ1) is 17.0. The maximum atomic E-state index is 12.5. The van der Waals surface area contributed by atoms with E-state index < -0.39 is 10.0 Å². The first-order valence-electron chi connectivity index (χ1n) is 7.24. The zero-order valence-corrected chi connectivity index (χ0v) is 14.2. The molecule has 0 heterocycles. The van der Waals surface area contributed by atoms with E-state index >= 15 is 0 Å². The van der Waals surface area contributed by atoms with Crippen molar-refractivity contribution >= 4 is 15.9 Å². The minimum Gasteiger partial charge on any atom is -0.494 e. The van der Waals surface area contributed by atoms with Gasteiger partial charge in [0.2, 0.25) is 0 Å². The molecule has 0 aliphatic carbocycles. The fourth-order valence-corrected chi connectivity index (χ4v) is 3.10. The summed E-state index contributed by atoms with van der Waals surface area (Å²) in [5, 5.41) is 0. The molecule has 0 N–H and O–H groups in total. The summed E-state index contributed by atoms with van der Waals surface area (Å²) >= 11 is 0. The van der Waals surface area contributed by atoms with Crippen molar-refractivity contribution in [3.8, 4) is 5.75 Å². The SMILES string of the molecule is CCOc1ccc(S(=O)(=O)/N=C(/c2ccccc2)N(C)C)cc1. The van der Waals surface area contributed by atoms with Gasteiger partial charge in [0.1, 0.15) is 11.6 Å². The second-order valence-electron chi connectivity index (χ2n) is 5.05. The summed E-state index contributed by atoms with van der Waals surface area (Å²) in [6.45, 7) is 2.40. The van der Waals surface area contributed by atoms with Gasteiger partial charge in [0.15, 0.2) is 0 Å². The molecule has 5 nitrogen and oxygen atoms in total. The Hall–Kier alpha value is -2.34. The lowest BCUT2D eigenvalue weighted by Crippen LogP contribution is -2.24. The van der Waals surface area contributed by atoms with Crippen LogP contribution in [0.2, 0.25) is 0 Å². The van der Waals surface area contributed by atoms with Gasteiger partial charge < -0.3 is 9.64 Å². The number of amidine groups is 1. The Balaban J connectivity index is 2.40. The number of benzene rings is 2. The minimum atomic E-state index is -3.79. The Bertz CT molecular complexity index is 767. The van der Waals surface area contributed by atoms with Gasteiger partial charge in [-0.25, -0.2) is 0 Å². The summed E-state index contributed by atoms with van der Waals surface area (Å²) in [5.74, 6) is 1.02. The van der Waals surface area contributed by atoms with E-state index in [1.54, 1.807) is 31.1 Å². The molecule has 2 aromatic carbocycles. The van der Waals surface area contributed by atoms with Crippen molar-refractivity contribution in [2.75, 3.05) is 20.7 Å². The Morgan fingerprint density at radius 3 is 2.17 bits per heavy atom. The molecule has 6 heteroatoms. The van der Waals surface area contributed by atoms with Crippen LogP contribution in [0.15, 0.2) is 63.9 Å². The average molecular weight is 332 g/mol. The second kappa shape index (κ2) is 7.28. The number of rotatable bonds is 5. The molecular formula is C17H20N2O3S. The molecule has 0 atom stereocenters. The first-order chi connectivity index (χ1) is 10.9. The topological polar surface area (TPSA) is 59.0 Å². The highest BCUT2D eigenvalue weighted by molar-refractivity contribution is 7.90. The van der Waals surface area contributed by atoms with Crippen molar-refractivity contribution in [2.45, 2.75) is 11.8 Å². The van der Waals surface area contributed by atoms with Crippen LogP contribution in [-0.4, -0.2) is 39.9 Å². The predicted molar refractivity (Wildman–Crippen MR) is 91.5 cm³/mol. The van der Waals surface area contributed by atoms with E-state index in [0.29, 0.717) is 18.2 Å². The van der Waals surface area contributed by atoms with Crippen LogP contribution in [0.4, 0.5) is 0 Å². The van der Waals surface area contributed by atoms with Gasteiger partial charge in [0.25, 0.3) is 10.0 Å². The van der Waals surface area contributed by atoms with Gasteiger partial charge in [-0.2, -0.15) is 8.42 Å². The fourth-order valence-electron chi connectivity index (χ4n) is 2.02. The highest BCUT2D eigenvalue weighted by Crippen LogP contribution is 2.19. The van der Waals surface area contributed by atoms with Crippen molar-refractivity contribution in [3.63, 3.8) is 0 Å². The maximum absolute atomic E-state index is 12.5. The van der Waals surface area contributed by atoms with Crippen molar-refractivity contribution in [2.24, 2.45) is 4.40 Å². The lowest BCUT2D eigenvalue weighted by Gasteiger charge is -2.15. The van der Waals surface area contributed by atoms with Gasteiger partial charge in [0.05, 0.1) is 11.5 Å². The first-order valence-corrected chi connectivity index (χ1v) is 8.68. The van der Waals surface area contributed by atoms with E-state index in [9.17, 15) is 8.42 Å². The number of ether oxygens (including phenoxy) is 1. The normalized spacial score (nSPS) is 12.0. The van der Waals surface area contributed by atoms with Crippen LogP contribution in [0.5, 0.6) is 5.75 Å². The van der Waals surface area contributed by atoms with Gasteiger partial charge in [-0.3, -0.25) is 0 Å². The molecule has 0 unspecified atom stereocenters. The smallest absolute Gasteiger partial charge is 0.284 e. The van der Waals surface area contributed by atoms with Crippen molar-refractivity contribution in [3.05, 3.63) is 60.2 Å². The number of hydrogen-bond donors (Lipinski definition) is 0. The predicted octanol–water partition coefficient (Wildman–Crippen LogP) is 2.78. The van der Waals surface area contributed by atoms with Crippen molar-refractivity contribution < 1.29 is 13.2 Å². The largest absolute Gasteiger partial charge is 0.494 e. The van der Waals surface area contributed by atoms with E-state index in [0.717, 1.165) is 5.56 Å². The molecule has 2 rings (SSSR count). The zero-order chi connectivity index (χ0) is 16.9. The lowest BCUT2D eigenvalue weighted by atomic mass is 10.2. The van der Waals surface area contributed by atoms with Gasteiger partial charge >= 0.3 is 0 Å². The van der Waals surface area contributed by atoms with Crippen LogP contribution in [0.3, 0.4) is 0 Å². The van der Waals surface area contributed by atoms with Crippen LogP contribution >= 0.6 is 0 Å². The van der Waals surface area contributed by atoms with Crippen LogP contribution in [0, 0.1) is 0 Å². The molecular weight excluding hydrogens is 312 g/mol. The van der Waals surface area contributed by atoms with E-state index in [4.69, 9.17) is 4.74 Å². The number of nitrogens with zero attached hydrogens (tertiary/aromatic N) is 2. The van der Waals surface area contributed by atoms with Crippen LogP contribution in [0.25, 0.3) is 0 Å². The zero-order valence-electron chi connectivity index (χ0n) is 13.4. The van der Waals surface area contributed by atoms with E-state index in [2.05, 4.69) is 4.40 Å². The number of hydrogen-bond acceptors (Lipinski definition) is 3. The number of sulfonamides is 1. The van der Waals surface area contributed by atoms with Gasteiger partial charge in [-0.1, -0.05) is 30.3 Å². The van der Waals surface area contributed by atoms with E-state index in [1.165, 1.54) is 12.1 Å². The van der Waals surface area contributed by atoms with Gasteiger partial charge in [0, 0.05) is 19.7 Å². The highest BCUT2D eigenvalue weighted by Gasteiger charge is 2.16. The van der Waals surface area contributed by atoms with E-state index in [-0.39, 0.29) is 4.90 Å². The molecule has 0 aliphatic rings. The minimum absolute atomic E-state index is 0.135. The highest BCUT2D eigenvalue weighted by atomic mass is 32.2. The Labute approximate surface area is 137 Å². The average Bonchev–Trinajstić information content (AvgIpc) is 2.54. The molecule has 0 aromatic heterocycles. The molecule has 2 aromatic rings. The quantitative estimate of drug-likeness (QED) is 0.624. The summed E-state index contributed by atoms with van der Waals surface area (Å²) < 4.78 is 34.4. The molecule has 122 valence electrons. The molecule has 0 spiro atoms. The molecule has 0 saturated heterocycles. The molecule has 23 heavy (non-hydrogen) atoms. The molecule has 0 fully saturated rings. The van der Waals surface area contributed by atoms with Gasteiger partial charge in [-0.15, -0.1) is 4.40 Å². The van der Waals surface area contributed by atoms with E-state index in [1.807, 2.05) is 37.3 Å². The van der Waals surface area contributed by atoms with Crippen molar-refractivity contribution in [1.82, 2.24) is 4.90 Å². The summed E-state index contributed by atoms with van der Waals surface area (Å²) in [6.07, 6.45) is 0. The Morgan fingerprint density at radius 2 is 1.65 bits per heavy atom. The van der Waals surface area contributed by atoms with Crippen LogP contribution in [-0.2, 0) is 10.0 Å². The summed E-state index contributed by atoms with van der Waals surface area (Å²) in [6, 6.07) is 15.5. The summed E-state index contributed by atoms with van der Waals surface area (Å²) in [5.41, 5.74) is 0.743. The third-order valence-electron chi connectivity index (χ3n) is 3.09.